The van der Waals surface area contributed by atoms with Crippen LogP contribution in [0.3, 0.4) is 0 Å². The summed E-state index contributed by atoms with van der Waals surface area (Å²) >= 11 is 12.0. The van der Waals surface area contributed by atoms with E-state index in [2.05, 4.69) is 19.2 Å². The van der Waals surface area contributed by atoms with Crippen LogP contribution in [0.25, 0.3) is 0 Å². The molecule has 1 saturated carbocycles. The number of halogens is 2. The molecule has 0 spiro atoms. The number of hydrogen-bond acceptors (Lipinski definition) is 1. The van der Waals surface area contributed by atoms with Crippen molar-refractivity contribution >= 4 is 29.1 Å². The SMILES string of the molecule is CC(C)C1(C(=O)NC2=CC(Cl)=C(Cl)C[CH]2)CCCCC1. The van der Waals surface area contributed by atoms with E-state index in [9.17, 15) is 4.79 Å². The van der Waals surface area contributed by atoms with E-state index in [1.807, 2.05) is 6.42 Å². The van der Waals surface area contributed by atoms with Gasteiger partial charge in [0.05, 0.1) is 10.4 Å². The lowest BCUT2D eigenvalue weighted by atomic mass is 9.66. The van der Waals surface area contributed by atoms with Gasteiger partial charge in [-0.25, -0.2) is 0 Å². The second-order valence-electron chi connectivity index (χ2n) is 6.09. The standard InChI is InChI=1S/C16H22Cl2NO/c1-11(2)16(8-4-3-5-9-16)15(20)19-12-6-7-13(17)14(18)10-12/h6,10-11H,3-5,7-9H2,1-2H3,(H,19,20). The Balaban J connectivity index is 2.12. The number of allylic oxidation sites excluding steroid dienone is 4. The minimum absolute atomic E-state index is 0.136. The molecule has 111 valence electrons. The molecule has 0 aliphatic heterocycles. The zero-order chi connectivity index (χ0) is 14.8. The fourth-order valence-electron chi connectivity index (χ4n) is 3.16. The van der Waals surface area contributed by atoms with Gasteiger partial charge in [0.1, 0.15) is 0 Å². The van der Waals surface area contributed by atoms with Gasteiger partial charge in [-0.2, -0.15) is 0 Å². The molecule has 1 N–H and O–H groups in total. The molecule has 2 rings (SSSR count). The van der Waals surface area contributed by atoms with Gasteiger partial charge in [-0.05, 0) is 31.3 Å². The van der Waals surface area contributed by atoms with E-state index in [-0.39, 0.29) is 11.3 Å². The zero-order valence-electron chi connectivity index (χ0n) is 12.1. The fraction of sp³-hybridized carbons (Fsp3) is 0.625. The average molecular weight is 315 g/mol. The van der Waals surface area contributed by atoms with E-state index < -0.39 is 0 Å². The van der Waals surface area contributed by atoms with Crippen molar-refractivity contribution in [3.05, 3.63) is 28.3 Å². The minimum atomic E-state index is -0.232. The molecule has 0 aromatic rings. The van der Waals surface area contributed by atoms with Crippen LogP contribution < -0.4 is 5.32 Å². The summed E-state index contributed by atoms with van der Waals surface area (Å²) in [6.45, 7) is 4.29. The summed E-state index contributed by atoms with van der Waals surface area (Å²) in [6.07, 6.45) is 9.72. The Kier molecular flexibility index (Phi) is 5.19. The first-order valence-electron chi connectivity index (χ1n) is 7.36. The van der Waals surface area contributed by atoms with Crippen LogP contribution in [0.1, 0.15) is 52.4 Å². The van der Waals surface area contributed by atoms with Crippen molar-refractivity contribution in [1.82, 2.24) is 5.32 Å². The van der Waals surface area contributed by atoms with Crippen molar-refractivity contribution in [3.63, 3.8) is 0 Å². The maximum absolute atomic E-state index is 12.8. The highest BCUT2D eigenvalue weighted by Crippen LogP contribution is 2.43. The van der Waals surface area contributed by atoms with Gasteiger partial charge in [0, 0.05) is 17.2 Å². The van der Waals surface area contributed by atoms with Crippen LogP contribution in [0.4, 0.5) is 0 Å². The van der Waals surface area contributed by atoms with Gasteiger partial charge in [-0.3, -0.25) is 4.79 Å². The van der Waals surface area contributed by atoms with E-state index in [0.29, 0.717) is 22.4 Å². The van der Waals surface area contributed by atoms with E-state index in [0.717, 1.165) is 31.4 Å². The van der Waals surface area contributed by atoms with Gasteiger partial charge >= 0.3 is 0 Å². The van der Waals surface area contributed by atoms with Gasteiger partial charge in [-0.1, -0.05) is 56.3 Å². The monoisotopic (exact) mass is 314 g/mol. The highest BCUT2D eigenvalue weighted by atomic mass is 35.5. The molecule has 0 unspecified atom stereocenters. The van der Waals surface area contributed by atoms with Crippen LogP contribution in [0.15, 0.2) is 21.8 Å². The maximum Gasteiger partial charge on any atom is 0.230 e. The molecule has 20 heavy (non-hydrogen) atoms. The smallest absolute Gasteiger partial charge is 0.230 e. The van der Waals surface area contributed by atoms with Crippen molar-refractivity contribution < 1.29 is 4.79 Å². The summed E-state index contributed by atoms with van der Waals surface area (Å²) in [5, 5.41) is 4.20. The Bertz CT molecular complexity index is 445. The second-order valence-corrected chi connectivity index (χ2v) is 6.95. The number of nitrogens with one attached hydrogen (secondary N) is 1. The Labute approximate surface area is 131 Å². The molecule has 1 fully saturated rings. The molecule has 2 aliphatic carbocycles. The first-order valence-corrected chi connectivity index (χ1v) is 8.12. The van der Waals surface area contributed by atoms with Crippen LogP contribution in [0.2, 0.25) is 0 Å². The molecule has 0 saturated heterocycles. The Morgan fingerprint density at radius 1 is 1.25 bits per heavy atom. The number of rotatable bonds is 3. The predicted molar refractivity (Wildman–Crippen MR) is 84.2 cm³/mol. The summed E-state index contributed by atoms with van der Waals surface area (Å²) in [4.78, 5) is 12.8. The maximum atomic E-state index is 12.8. The summed E-state index contributed by atoms with van der Waals surface area (Å²) in [5.41, 5.74) is 0.541. The Hall–Kier alpha value is -0.470. The molecule has 4 heteroatoms. The summed E-state index contributed by atoms with van der Waals surface area (Å²) in [6, 6.07) is 0. The molecule has 1 amide bonds. The number of carbonyl (C=O) groups is 1. The van der Waals surface area contributed by atoms with Crippen LogP contribution in [0.5, 0.6) is 0 Å². The zero-order valence-corrected chi connectivity index (χ0v) is 13.7. The van der Waals surface area contributed by atoms with Gasteiger partial charge in [-0.15, -0.1) is 0 Å². The average Bonchev–Trinajstić information content (AvgIpc) is 2.43. The molecule has 2 aliphatic rings. The lowest BCUT2D eigenvalue weighted by Crippen LogP contribution is -2.45. The van der Waals surface area contributed by atoms with E-state index in [1.165, 1.54) is 6.42 Å². The predicted octanol–water partition coefficient (Wildman–Crippen LogP) is 4.89. The highest BCUT2D eigenvalue weighted by molar-refractivity contribution is 6.40. The fourth-order valence-corrected chi connectivity index (χ4v) is 3.49. The molecule has 1 radical (unpaired) electrons. The van der Waals surface area contributed by atoms with Crippen molar-refractivity contribution in [2.45, 2.75) is 52.4 Å². The second kappa shape index (κ2) is 6.53. The van der Waals surface area contributed by atoms with E-state index >= 15 is 0 Å². The van der Waals surface area contributed by atoms with Crippen molar-refractivity contribution in [2.75, 3.05) is 0 Å². The largest absolute Gasteiger partial charge is 0.329 e. The van der Waals surface area contributed by atoms with Crippen molar-refractivity contribution in [1.29, 1.82) is 0 Å². The summed E-state index contributed by atoms with van der Waals surface area (Å²) < 4.78 is 0. The lowest BCUT2D eigenvalue weighted by molar-refractivity contribution is -0.135. The van der Waals surface area contributed by atoms with Gasteiger partial charge in [0.2, 0.25) is 5.91 Å². The van der Waals surface area contributed by atoms with E-state index in [4.69, 9.17) is 23.2 Å². The molecule has 0 heterocycles. The minimum Gasteiger partial charge on any atom is -0.329 e. The molecule has 0 aromatic heterocycles. The van der Waals surface area contributed by atoms with Gasteiger partial charge < -0.3 is 5.32 Å². The van der Waals surface area contributed by atoms with Crippen LogP contribution >= 0.6 is 23.2 Å². The Morgan fingerprint density at radius 2 is 1.90 bits per heavy atom. The van der Waals surface area contributed by atoms with Crippen LogP contribution in [-0.2, 0) is 4.79 Å². The molecular formula is C16H22Cl2NO. The number of hydrogen-bond donors (Lipinski definition) is 1. The van der Waals surface area contributed by atoms with Crippen molar-refractivity contribution in [2.24, 2.45) is 11.3 Å². The number of amides is 1. The normalized spacial score (nSPS) is 22.8. The molecule has 0 atom stereocenters. The number of carbonyl (C=O) groups excluding carboxylic acids is 1. The quantitative estimate of drug-likeness (QED) is 0.789. The van der Waals surface area contributed by atoms with Gasteiger partial charge in [0.15, 0.2) is 0 Å². The highest BCUT2D eigenvalue weighted by Gasteiger charge is 2.42. The van der Waals surface area contributed by atoms with Crippen molar-refractivity contribution in [3.8, 4) is 0 Å². The summed E-state index contributed by atoms with van der Waals surface area (Å²) in [7, 11) is 0. The Morgan fingerprint density at radius 3 is 2.45 bits per heavy atom. The lowest BCUT2D eigenvalue weighted by Gasteiger charge is -2.39. The third-order valence-corrected chi connectivity index (χ3v) is 5.40. The van der Waals surface area contributed by atoms with Gasteiger partial charge in [0.25, 0.3) is 0 Å². The molecule has 0 bridgehead atoms. The molecule has 0 aromatic carbocycles. The summed E-state index contributed by atoms with van der Waals surface area (Å²) in [5.74, 6) is 0.485. The van der Waals surface area contributed by atoms with Crippen LogP contribution in [-0.4, -0.2) is 5.91 Å². The van der Waals surface area contributed by atoms with Crippen LogP contribution in [0, 0.1) is 17.8 Å². The first-order chi connectivity index (χ1) is 9.45. The third-order valence-electron chi connectivity index (χ3n) is 4.60. The van der Waals surface area contributed by atoms with E-state index in [1.54, 1.807) is 6.08 Å². The molecule has 2 nitrogen and oxygen atoms in total. The topological polar surface area (TPSA) is 29.1 Å². The molecular weight excluding hydrogens is 293 g/mol. The first kappa shape index (κ1) is 15.9. The third kappa shape index (κ3) is 3.23.